The molecule has 0 aliphatic rings. The summed E-state index contributed by atoms with van der Waals surface area (Å²) in [6, 6.07) is 3.97. The van der Waals surface area contributed by atoms with Crippen molar-refractivity contribution in [1.82, 2.24) is 22.9 Å². The lowest BCUT2D eigenvalue weighted by Gasteiger charge is -2.06. The fourth-order valence-corrected chi connectivity index (χ4v) is 4.68. The van der Waals surface area contributed by atoms with Crippen LogP contribution in [-0.2, 0) is 10.0 Å². The monoisotopic (exact) mass is 449 g/mol. The molecule has 0 unspecified atom stereocenters. The quantitative estimate of drug-likeness (QED) is 0.615. The molecule has 0 saturated heterocycles. The molecular weight excluding hydrogens is 433 g/mol. The van der Waals surface area contributed by atoms with E-state index >= 15 is 0 Å². The number of hydrogen-bond acceptors (Lipinski definition) is 6. The molecule has 11 heteroatoms. The van der Waals surface area contributed by atoms with E-state index in [1.807, 2.05) is 13.8 Å². The van der Waals surface area contributed by atoms with Gasteiger partial charge in [-0.3, -0.25) is 0 Å². The highest BCUT2D eigenvalue weighted by atomic mass is 79.9. The molecule has 136 valence electrons. The molecular formula is C14H17BrFN5O2S2. The molecule has 0 bridgehead atoms. The maximum atomic E-state index is 13.6. The van der Waals surface area contributed by atoms with Crippen LogP contribution >= 0.6 is 28.1 Å². The average Bonchev–Trinajstić information content (AvgIpc) is 3.14. The molecule has 0 radical (unpaired) electrons. The van der Waals surface area contributed by atoms with E-state index < -0.39 is 15.8 Å². The summed E-state index contributed by atoms with van der Waals surface area (Å²) in [7, 11) is -2.38. The Bertz CT molecular complexity index is 1000. The van der Waals surface area contributed by atoms with Crippen molar-refractivity contribution >= 4 is 49.0 Å². The lowest BCUT2D eigenvalue weighted by molar-refractivity contribution is 0.578. The lowest BCUT2D eigenvalue weighted by atomic mass is 10.2. The van der Waals surface area contributed by atoms with Gasteiger partial charge in [-0.1, -0.05) is 13.8 Å². The maximum absolute atomic E-state index is 13.6. The smallest absolute Gasteiger partial charge is 0.247 e. The molecule has 1 N–H and O–H groups in total. The van der Waals surface area contributed by atoms with Gasteiger partial charge in [-0.15, -0.1) is 5.10 Å². The zero-order valence-electron chi connectivity index (χ0n) is 14.0. The summed E-state index contributed by atoms with van der Waals surface area (Å²) in [5.41, 5.74) is 0.648. The SMILES string of the molecule is CC.CNSn1cnc(S(=O)(=O)n2c(C)c(Br)c3ccc(F)cc32)n1. The highest BCUT2D eigenvalue weighted by Gasteiger charge is 2.28. The van der Waals surface area contributed by atoms with Crippen molar-refractivity contribution in [2.75, 3.05) is 7.05 Å². The van der Waals surface area contributed by atoms with Crippen LogP contribution in [0.5, 0.6) is 0 Å². The highest BCUT2D eigenvalue weighted by molar-refractivity contribution is 9.10. The standard InChI is InChI=1S/C12H11BrFN5O2S2.C2H6/c1-7-11(13)9-4-3-8(14)5-10(9)19(7)23(20,21)12-16-6-18(17-12)22-15-2;1-2/h3-6,15H,1-2H3;1-2H3. The van der Waals surface area contributed by atoms with Crippen LogP contribution in [0.3, 0.4) is 0 Å². The summed E-state index contributed by atoms with van der Waals surface area (Å²) in [6.07, 6.45) is 1.28. The van der Waals surface area contributed by atoms with Gasteiger partial charge in [0.1, 0.15) is 12.1 Å². The van der Waals surface area contributed by atoms with Crippen LogP contribution in [0.4, 0.5) is 4.39 Å². The summed E-state index contributed by atoms with van der Waals surface area (Å²) >= 11 is 4.43. The van der Waals surface area contributed by atoms with Crippen LogP contribution in [0, 0.1) is 12.7 Å². The Hall–Kier alpha value is -1.43. The minimum atomic E-state index is -4.05. The van der Waals surface area contributed by atoms with E-state index in [-0.39, 0.29) is 10.7 Å². The van der Waals surface area contributed by atoms with Crippen LogP contribution in [0.2, 0.25) is 0 Å². The van der Waals surface area contributed by atoms with Gasteiger partial charge < -0.3 is 0 Å². The van der Waals surface area contributed by atoms with Gasteiger partial charge in [0.15, 0.2) is 0 Å². The first-order valence-corrected chi connectivity index (χ1v) is 10.3. The summed E-state index contributed by atoms with van der Waals surface area (Å²) in [5, 5.41) is 4.15. The maximum Gasteiger partial charge on any atom is 0.305 e. The molecule has 7 nitrogen and oxygen atoms in total. The zero-order valence-corrected chi connectivity index (χ0v) is 17.2. The molecule has 0 atom stereocenters. The molecule has 3 aromatic rings. The fraction of sp³-hybridized carbons (Fsp3) is 0.286. The molecule has 2 aromatic heterocycles. The number of hydrogen-bond donors (Lipinski definition) is 1. The van der Waals surface area contributed by atoms with Crippen LogP contribution in [0.25, 0.3) is 10.9 Å². The van der Waals surface area contributed by atoms with E-state index in [4.69, 9.17) is 0 Å². The Balaban J connectivity index is 0.00000109. The van der Waals surface area contributed by atoms with Gasteiger partial charge in [-0.2, -0.15) is 12.5 Å². The van der Waals surface area contributed by atoms with Crippen molar-refractivity contribution < 1.29 is 12.8 Å². The van der Waals surface area contributed by atoms with Crippen molar-refractivity contribution in [3.8, 4) is 0 Å². The van der Waals surface area contributed by atoms with E-state index in [1.54, 1.807) is 14.0 Å². The van der Waals surface area contributed by atoms with Crippen LogP contribution in [0.1, 0.15) is 19.5 Å². The predicted molar refractivity (Wildman–Crippen MR) is 100 cm³/mol. The van der Waals surface area contributed by atoms with Crippen molar-refractivity contribution in [3.05, 3.63) is 40.5 Å². The summed E-state index contributed by atoms with van der Waals surface area (Å²) in [6.45, 7) is 5.62. The van der Waals surface area contributed by atoms with E-state index in [9.17, 15) is 12.8 Å². The van der Waals surface area contributed by atoms with Crippen molar-refractivity contribution in [2.24, 2.45) is 0 Å². The lowest BCUT2D eigenvalue weighted by Crippen LogP contribution is -2.16. The molecule has 3 rings (SSSR count). The van der Waals surface area contributed by atoms with Crippen LogP contribution in [0.15, 0.2) is 34.2 Å². The minimum Gasteiger partial charge on any atom is -0.247 e. The first-order chi connectivity index (χ1) is 11.9. The second-order valence-corrected chi connectivity index (χ2v) is 7.99. The Kier molecular flexibility index (Phi) is 6.25. The van der Waals surface area contributed by atoms with E-state index in [0.717, 1.165) is 16.1 Å². The molecule has 25 heavy (non-hydrogen) atoms. The Morgan fingerprint density at radius 2 is 2.00 bits per heavy atom. The fourth-order valence-electron chi connectivity index (χ4n) is 2.20. The zero-order chi connectivity index (χ0) is 18.8. The Morgan fingerprint density at radius 3 is 2.64 bits per heavy atom. The molecule has 0 spiro atoms. The molecule has 1 aromatic carbocycles. The van der Waals surface area contributed by atoms with Crippen LogP contribution in [-0.4, -0.2) is 33.6 Å². The number of nitrogens with one attached hydrogen (secondary N) is 1. The van der Waals surface area contributed by atoms with Crippen LogP contribution < -0.4 is 4.72 Å². The Morgan fingerprint density at radius 1 is 1.32 bits per heavy atom. The third kappa shape index (κ3) is 3.59. The van der Waals surface area contributed by atoms with E-state index in [1.165, 1.54) is 28.6 Å². The van der Waals surface area contributed by atoms with Gasteiger partial charge >= 0.3 is 10.0 Å². The van der Waals surface area contributed by atoms with Gasteiger partial charge in [0.25, 0.3) is 5.16 Å². The number of benzene rings is 1. The molecule has 0 aliphatic carbocycles. The summed E-state index contributed by atoms with van der Waals surface area (Å²) in [4.78, 5) is 3.84. The van der Waals surface area contributed by atoms with Gasteiger partial charge in [0.2, 0.25) is 0 Å². The second-order valence-electron chi connectivity index (χ2n) is 4.56. The van der Waals surface area contributed by atoms with Crippen molar-refractivity contribution in [2.45, 2.75) is 25.9 Å². The largest absolute Gasteiger partial charge is 0.305 e. The van der Waals surface area contributed by atoms with E-state index in [0.29, 0.717) is 15.6 Å². The summed E-state index contributed by atoms with van der Waals surface area (Å²) in [5.74, 6) is -0.525. The number of aromatic nitrogens is 4. The predicted octanol–water partition coefficient (Wildman–Crippen LogP) is 3.34. The summed E-state index contributed by atoms with van der Waals surface area (Å²) < 4.78 is 45.0. The van der Waals surface area contributed by atoms with Gasteiger partial charge in [-0.05, 0) is 48.1 Å². The number of fused-ring (bicyclic) bond motifs is 1. The molecule has 0 aliphatic heterocycles. The number of halogens is 2. The van der Waals surface area contributed by atoms with Gasteiger partial charge in [0.05, 0.1) is 17.7 Å². The van der Waals surface area contributed by atoms with E-state index in [2.05, 4.69) is 30.7 Å². The molecule has 0 fully saturated rings. The molecule has 0 saturated carbocycles. The Labute approximate surface area is 158 Å². The van der Waals surface area contributed by atoms with Crippen molar-refractivity contribution in [3.63, 3.8) is 0 Å². The third-order valence-corrected chi connectivity index (χ3v) is 6.29. The minimum absolute atomic E-state index is 0.229. The molecule has 2 heterocycles. The average molecular weight is 450 g/mol. The topological polar surface area (TPSA) is 81.8 Å². The van der Waals surface area contributed by atoms with Gasteiger partial charge in [-0.25, -0.2) is 18.1 Å². The number of nitrogens with zero attached hydrogens (tertiary/aromatic N) is 4. The van der Waals surface area contributed by atoms with Gasteiger partial charge in [0, 0.05) is 15.6 Å². The first kappa shape index (κ1) is 19.9. The highest BCUT2D eigenvalue weighted by Crippen LogP contribution is 2.33. The third-order valence-electron chi connectivity index (χ3n) is 3.14. The number of rotatable bonds is 4. The van der Waals surface area contributed by atoms with Crippen molar-refractivity contribution in [1.29, 1.82) is 0 Å². The second kappa shape index (κ2) is 7.85. The normalized spacial score (nSPS) is 11.4. The first-order valence-electron chi connectivity index (χ1n) is 7.33. The molecule has 0 amide bonds.